The molecule has 0 heterocycles. The van der Waals surface area contributed by atoms with Crippen molar-refractivity contribution in [1.82, 2.24) is 4.72 Å². The molecule has 4 saturated carbocycles. The lowest BCUT2D eigenvalue weighted by atomic mass is 10.1. The van der Waals surface area contributed by atoms with Crippen molar-refractivity contribution in [1.29, 1.82) is 0 Å². The standard InChI is InChI=1S/C14H17NO2S/c1-8-2-4-10(5-3-8)18(16,17)15-14-9-6-11-12(7-9)13(11)14/h2-5,9,11-15H,6-7H2,1H3/t9?,11-,12-,13?,14+/m0/s1. The van der Waals surface area contributed by atoms with E-state index in [1.54, 1.807) is 12.1 Å². The molecule has 18 heavy (non-hydrogen) atoms. The highest BCUT2D eigenvalue weighted by molar-refractivity contribution is 7.89. The molecule has 5 rings (SSSR count). The minimum atomic E-state index is -3.32. The van der Waals surface area contributed by atoms with Gasteiger partial charge in [0.2, 0.25) is 10.0 Å². The highest BCUT2D eigenvalue weighted by atomic mass is 32.2. The van der Waals surface area contributed by atoms with E-state index >= 15 is 0 Å². The third-order valence-electron chi connectivity index (χ3n) is 5.09. The Morgan fingerprint density at radius 2 is 1.72 bits per heavy atom. The van der Waals surface area contributed by atoms with Gasteiger partial charge in [0.25, 0.3) is 0 Å². The van der Waals surface area contributed by atoms with Crippen molar-refractivity contribution in [3.05, 3.63) is 29.8 Å². The molecule has 1 N–H and O–H groups in total. The number of nitrogens with one attached hydrogen (secondary N) is 1. The molecule has 0 unspecified atom stereocenters. The first kappa shape index (κ1) is 11.0. The Bertz CT molecular complexity index is 579. The largest absolute Gasteiger partial charge is 0.240 e. The second kappa shape index (κ2) is 3.36. The fourth-order valence-corrected chi connectivity index (χ4v) is 5.55. The second-order valence-corrected chi connectivity index (χ2v) is 7.81. The summed E-state index contributed by atoms with van der Waals surface area (Å²) in [5, 5.41) is 0. The Morgan fingerprint density at radius 3 is 2.22 bits per heavy atom. The summed E-state index contributed by atoms with van der Waals surface area (Å²) >= 11 is 0. The first-order chi connectivity index (χ1) is 8.56. The van der Waals surface area contributed by atoms with Crippen LogP contribution in [-0.2, 0) is 10.0 Å². The topological polar surface area (TPSA) is 46.2 Å². The van der Waals surface area contributed by atoms with E-state index in [0.29, 0.717) is 16.7 Å². The third kappa shape index (κ3) is 1.42. The Kier molecular flexibility index (Phi) is 2.06. The summed E-state index contributed by atoms with van der Waals surface area (Å²) in [5.41, 5.74) is 1.08. The smallest absolute Gasteiger partial charge is 0.207 e. The van der Waals surface area contributed by atoms with Crippen LogP contribution in [0, 0.1) is 30.6 Å². The van der Waals surface area contributed by atoms with Crippen LogP contribution in [0.3, 0.4) is 0 Å². The second-order valence-electron chi connectivity index (χ2n) is 6.10. The lowest BCUT2D eigenvalue weighted by Gasteiger charge is -2.17. The van der Waals surface area contributed by atoms with Crippen LogP contribution in [0.1, 0.15) is 18.4 Å². The van der Waals surface area contributed by atoms with E-state index < -0.39 is 10.0 Å². The fourth-order valence-electron chi connectivity index (χ4n) is 4.21. The number of hydrogen-bond donors (Lipinski definition) is 1. The lowest BCUT2D eigenvalue weighted by Crippen LogP contribution is -2.37. The Balaban J connectivity index is 1.59. The van der Waals surface area contributed by atoms with Gasteiger partial charge < -0.3 is 0 Å². The summed E-state index contributed by atoms with van der Waals surface area (Å²) in [5.74, 6) is 2.92. The number of hydrogen-bond acceptors (Lipinski definition) is 2. The van der Waals surface area contributed by atoms with Crippen LogP contribution in [0.2, 0.25) is 0 Å². The molecule has 0 saturated heterocycles. The van der Waals surface area contributed by atoms with Crippen LogP contribution in [0.25, 0.3) is 0 Å². The summed E-state index contributed by atoms with van der Waals surface area (Å²) in [4.78, 5) is 0.398. The van der Waals surface area contributed by atoms with Crippen LogP contribution in [0.15, 0.2) is 29.2 Å². The predicted octanol–water partition coefficient (Wildman–Crippen LogP) is 1.93. The maximum Gasteiger partial charge on any atom is 0.240 e. The van der Waals surface area contributed by atoms with Gasteiger partial charge in [-0.25, -0.2) is 13.1 Å². The predicted molar refractivity (Wildman–Crippen MR) is 68.5 cm³/mol. The number of aryl methyl sites for hydroxylation is 1. The molecule has 4 aliphatic rings. The maximum atomic E-state index is 12.3. The van der Waals surface area contributed by atoms with Crippen LogP contribution in [-0.4, -0.2) is 14.5 Å². The summed E-state index contributed by atoms with van der Waals surface area (Å²) in [6.45, 7) is 1.96. The number of rotatable bonds is 3. The van der Waals surface area contributed by atoms with Crippen molar-refractivity contribution in [3.63, 3.8) is 0 Å². The first-order valence-corrected chi connectivity index (χ1v) is 8.13. The van der Waals surface area contributed by atoms with Crippen molar-refractivity contribution in [2.24, 2.45) is 23.7 Å². The van der Waals surface area contributed by atoms with Crippen molar-refractivity contribution in [2.75, 3.05) is 0 Å². The SMILES string of the molecule is Cc1ccc(S(=O)(=O)N[C@@H]2C3C[C@@H]4C2[C@H]4C3)cc1. The fraction of sp³-hybridized carbons (Fsp3) is 0.571. The van der Waals surface area contributed by atoms with Crippen molar-refractivity contribution < 1.29 is 8.42 Å². The Labute approximate surface area is 108 Å². The molecule has 4 aliphatic carbocycles. The molecule has 0 spiro atoms. The zero-order chi connectivity index (χ0) is 12.5. The molecule has 96 valence electrons. The molecule has 1 aromatic rings. The normalized spacial score (nSPS) is 40.2. The van der Waals surface area contributed by atoms with Gasteiger partial charge in [0.15, 0.2) is 0 Å². The van der Waals surface area contributed by atoms with Crippen molar-refractivity contribution >= 4 is 10.0 Å². The van der Waals surface area contributed by atoms with Gasteiger partial charge >= 0.3 is 0 Å². The van der Waals surface area contributed by atoms with Gasteiger partial charge in [-0.1, -0.05) is 17.7 Å². The van der Waals surface area contributed by atoms with Gasteiger partial charge in [-0.3, -0.25) is 0 Å². The van der Waals surface area contributed by atoms with E-state index in [9.17, 15) is 8.42 Å². The first-order valence-electron chi connectivity index (χ1n) is 6.65. The van der Waals surface area contributed by atoms with E-state index in [2.05, 4.69) is 4.72 Å². The Hall–Kier alpha value is -0.870. The minimum absolute atomic E-state index is 0.214. The van der Waals surface area contributed by atoms with E-state index in [-0.39, 0.29) is 6.04 Å². The maximum absolute atomic E-state index is 12.3. The van der Waals surface area contributed by atoms with Crippen molar-refractivity contribution in [2.45, 2.75) is 30.7 Å². The molecule has 3 nitrogen and oxygen atoms in total. The molecule has 4 fully saturated rings. The van der Waals surface area contributed by atoms with Gasteiger partial charge in [-0.05, 0) is 55.6 Å². The molecule has 3 atom stereocenters. The highest BCUT2D eigenvalue weighted by Gasteiger charge is 2.68. The third-order valence-corrected chi connectivity index (χ3v) is 6.57. The molecule has 0 aromatic heterocycles. The summed E-state index contributed by atoms with van der Waals surface area (Å²) < 4.78 is 27.6. The number of sulfonamides is 1. The molecule has 0 radical (unpaired) electrons. The van der Waals surface area contributed by atoms with Gasteiger partial charge in [0.05, 0.1) is 4.90 Å². The molecule has 4 heteroatoms. The summed E-state index contributed by atoms with van der Waals surface area (Å²) in [6, 6.07) is 7.31. The molecule has 1 aromatic carbocycles. The number of benzene rings is 1. The quantitative estimate of drug-likeness (QED) is 0.905. The molecule has 0 amide bonds. The highest BCUT2D eigenvalue weighted by Crippen LogP contribution is 2.70. The van der Waals surface area contributed by atoms with Gasteiger partial charge in [-0.2, -0.15) is 0 Å². The zero-order valence-corrected chi connectivity index (χ0v) is 11.2. The zero-order valence-electron chi connectivity index (χ0n) is 10.3. The summed E-state index contributed by atoms with van der Waals surface area (Å²) in [7, 11) is -3.32. The van der Waals surface area contributed by atoms with Crippen LogP contribution >= 0.6 is 0 Å². The monoisotopic (exact) mass is 263 g/mol. The molecular weight excluding hydrogens is 246 g/mol. The molecule has 0 aliphatic heterocycles. The van der Waals surface area contributed by atoms with Gasteiger partial charge in [0.1, 0.15) is 0 Å². The molecular formula is C14H17NO2S. The van der Waals surface area contributed by atoms with E-state index in [1.807, 2.05) is 19.1 Å². The van der Waals surface area contributed by atoms with Gasteiger partial charge in [0, 0.05) is 6.04 Å². The lowest BCUT2D eigenvalue weighted by molar-refractivity contribution is 0.472. The summed E-state index contributed by atoms with van der Waals surface area (Å²) in [6.07, 6.45) is 2.49. The average Bonchev–Trinajstić information content (AvgIpc) is 2.69. The minimum Gasteiger partial charge on any atom is -0.207 e. The Morgan fingerprint density at radius 1 is 1.11 bits per heavy atom. The average molecular weight is 263 g/mol. The van der Waals surface area contributed by atoms with E-state index in [0.717, 1.165) is 17.4 Å². The molecule has 4 bridgehead atoms. The van der Waals surface area contributed by atoms with E-state index in [4.69, 9.17) is 0 Å². The van der Waals surface area contributed by atoms with E-state index in [1.165, 1.54) is 12.8 Å². The van der Waals surface area contributed by atoms with Crippen LogP contribution in [0.4, 0.5) is 0 Å². The van der Waals surface area contributed by atoms with Crippen LogP contribution in [0.5, 0.6) is 0 Å². The van der Waals surface area contributed by atoms with Crippen LogP contribution < -0.4 is 4.72 Å². The van der Waals surface area contributed by atoms with Crippen molar-refractivity contribution in [3.8, 4) is 0 Å². The van der Waals surface area contributed by atoms with Gasteiger partial charge in [-0.15, -0.1) is 0 Å².